The summed E-state index contributed by atoms with van der Waals surface area (Å²) in [5.41, 5.74) is 10.9. The highest BCUT2D eigenvalue weighted by atomic mass is 32.2. The Morgan fingerprint density at radius 1 is 1.16 bits per heavy atom. The first-order valence-electron chi connectivity index (χ1n) is 13.2. The lowest BCUT2D eigenvalue weighted by molar-refractivity contribution is -0.126. The molecule has 2 aliphatic heterocycles. The molecular formula is C28H35N5O3S2. The molecule has 0 radical (unpaired) electrons. The molecule has 0 aliphatic carbocycles. The van der Waals surface area contributed by atoms with Crippen LogP contribution in [0.2, 0.25) is 0 Å². The Hall–Kier alpha value is -2.79. The van der Waals surface area contributed by atoms with E-state index in [-0.39, 0.29) is 17.9 Å². The normalized spacial score (nSPS) is 17.6. The van der Waals surface area contributed by atoms with Crippen molar-refractivity contribution in [1.29, 1.82) is 0 Å². The van der Waals surface area contributed by atoms with Crippen LogP contribution in [0.1, 0.15) is 43.9 Å². The molecule has 2 aliphatic rings. The molecule has 4 N–H and O–H groups in total. The predicted octanol–water partition coefficient (Wildman–Crippen LogP) is 3.15. The number of carbonyl (C=O) groups excluding carboxylic acids is 1. The minimum Gasteiger partial charge on any atom is -0.389 e. The number of hydrogen-bond acceptors (Lipinski definition) is 5. The molecule has 1 aromatic heterocycles. The lowest BCUT2D eigenvalue weighted by atomic mass is 10.0. The van der Waals surface area contributed by atoms with Gasteiger partial charge in [0.1, 0.15) is 4.99 Å². The number of thiocarbonyl (C=S) groups is 1. The summed E-state index contributed by atoms with van der Waals surface area (Å²) in [6.07, 6.45) is 3.64. The summed E-state index contributed by atoms with van der Waals surface area (Å²) in [5, 5.41) is 6.88. The van der Waals surface area contributed by atoms with E-state index in [0.29, 0.717) is 24.6 Å². The maximum Gasteiger partial charge on any atom is 0.225 e. The van der Waals surface area contributed by atoms with Gasteiger partial charge in [-0.2, -0.15) is 0 Å². The van der Waals surface area contributed by atoms with Crippen LogP contribution in [0.5, 0.6) is 0 Å². The zero-order valence-corrected chi connectivity index (χ0v) is 23.4. The van der Waals surface area contributed by atoms with Crippen molar-refractivity contribution >= 4 is 44.0 Å². The van der Waals surface area contributed by atoms with Crippen LogP contribution in [0.3, 0.4) is 0 Å². The standard InChI is InChI=1S/C28H35N5O3S2/c1-18(2)38(35,36)32-10-8-23(9-11-32)33-17-25(20-4-3-5-21(13-20)27(29)37)24-7-6-19(12-26(24)33)14-31-28(34)22-15-30-16-22/h3-7,12-13,17-18,22-23,30H,8-11,14-16H2,1-2H3,(H2,29,37)(H,31,34). The van der Waals surface area contributed by atoms with Gasteiger partial charge in [-0.25, -0.2) is 12.7 Å². The smallest absolute Gasteiger partial charge is 0.225 e. The van der Waals surface area contributed by atoms with Gasteiger partial charge < -0.3 is 20.9 Å². The number of benzene rings is 2. The van der Waals surface area contributed by atoms with Crippen LogP contribution in [0, 0.1) is 5.92 Å². The Balaban J connectivity index is 1.48. The van der Waals surface area contributed by atoms with Gasteiger partial charge in [-0.05, 0) is 49.9 Å². The Bertz CT molecular complexity index is 1470. The number of hydrogen-bond donors (Lipinski definition) is 3. The number of piperidine rings is 1. The molecule has 5 rings (SSSR count). The number of sulfonamides is 1. The van der Waals surface area contributed by atoms with Crippen LogP contribution >= 0.6 is 12.2 Å². The third-order valence-electron chi connectivity index (χ3n) is 7.75. The molecule has 0 unspecified atom stereocenters. The highest BCUT2D eigenvalue weighted by Crippen LogP contribution is 2.37. The van der Waals surface area contributed by atoms with Gasteiger partial charge in [0, 0.05) is 67.0 Å². The summed E-state index contributed by atoms with van der Waals surface area (Å²) in [4.78, 5) is 12.7. The van der Waals surface area contributed by atoms with Crippen molar-refractivity contribution in [1.82, 2.24) is 19.5 Å². The Morgan fingerprint density at radius 2 is 1.89 bits per heavy atom. The van der Waals surface area contributed by atoms with E-state index in [9.17, 15) is 13.2 Å². The van der Waals surface area contributed by atoms with E-state index in [0.717, 1.165) is 59.1 Å². The van der Waals surface area contributed by atoms with E-state index in [1.54, 1.807) is 18.2 Å². The zero-order valence-electron chi connectivity index (χ0n) is 21.8. The third kappa shape index (κ3) is 5.22. The molecule has 3 aromatic rings. The second-order valence-electron chi connectivity index (χ2n) is 10.5. The van der Waals surface area contributed by atoms with E-state index < -0.39 is 15.3 Å². The van der Waals surface area contributed by atoms with Crippen molar-refractivity contribution in [3.63, 3.8) is 0 Å². The van der Waals surface area contributed by atoms with E-state index >= 15 is 0 Å². The molecule has 10 heteroatoms. The summed E-state index contributed by atoms with van der Waals surface area (Å²) in [5.74, 6) is 0.121. The number of fused-ring (bicyclic) bond motifs is 1. The fraction of sp³-hybridized carbons (Fsp3) is 0.429. The summed E-state index contributed by atoms with van der Waals surface area (Å²) in [6.45, 7) is 6.39. The highest BCUT2D eigenvalue weighted by Gasteiger charge is 2.31. The third-order valence-corrected chi connectivity index (χ3v) is 10.3. The minimum atomic E-state index is -3.27. The molecule has 0 saturated carbocycles. The van der Waals surface area contributed by atoms with Crippen molar-refractivity contribution in [2.75, 3.05) is 26.2 Å². The Labute approximate surface area is 229 Å². The first kappa shape index (κ1) is 26.8. The monoisotopic (exact) mass is 553 g/mol. The number of nitrogens with one attached hydrogen (secondary N) is 2. The first-order chi connectivity index (χ1) is 18.1. The molecule has 0 bridgehead atoms. The highest BCUT2D eigenvalue weighted by molar-refractivity contribution is 7.89. The average molecular weight is 554 g/mol. The number of amides is 1. The van der Waals surface area contributed by atoms with Crippen molar-refractivity contribution in [2.45, 2.75) is 44.5 Å². The molecule has 0 spiro atoms. The fourth-order valence-electron chi connectivity index (χ4n) is 5.26. The zero-order chi connectivity index (χ0) is 27.0. The summed E-state index contributed by atoms with van der Waals surface area (Å²) >= 11 is 5.21. The summed E-state index contributed by atoms with van der Waals surface area (Å²) in [6, 6.07) is 14.4. The molecular weight excluding hydrogens is 518 g/mol. The Morgan fingerprint density at radius 3 is 2.53 bits per heavy atom. The second kappa shape index (κ2) is 10.8. The van der Waals surface area contributed by atoms with Gasteiger partial charge in [0.15, 0.2) is 0 Å². The van der Waals surface area contributed by atoms with Gasteiger partial charge >= 0.3 is 0 Å². The molecule has 202 valence electrons. The van der Waals surface area contributed by atoms with E-state index in [4.69, 9.17) is 18.0 Å². The SMILES string of the molecule is CC(C)S(=O)(=O)N1CCC(n2cc(-c3cccc(C(N)=S)c3)c3ccc(CNC(=O)C4CNC4)cc32)CC1. The topological polar surface area (TPSA) is 109 Å². The maximum absolute atomic E-state index is 12.7. The van der Waals surface area contributed by atoms with Crippen molar-refractivity contribution in [3.05, 3.63) is 59.8 Å². The largest absolute Gasteiger partial charge is 0.389 e. The van der Waals surface area contributed by atoms with Gasteiger partial charge in [-0.15, -0.1) is 0 Å². The molecule has 2 saturated heterocycles. The van der Waals surface area contributed by atoms with Crippen molar-refractivity contribution < 1.29 is 13.2 Å². The number of nitrogens with zero attached hydrogens (tertiary/aromatic N) is 2. The van der Waals surface area contributed by atoms with Crippen LogP contribution in [-0.2, 0) is 21.4 Å². The van der Waals surface area contributed by atoms with Crippen molar-refractivity contribution in [3.8, 4) is 11.1 Å². The number of aromatic nitrogens is 1. The lowest BCUT2D eigenvalue weighted by Crippen LogP contribution is -2.50. The van der Waals surface area contributed by atoms with Gasteiger partial charge in [0.05, 0.1) is 11.2 Å². The molecule has 1 amide bonds. The van der Waals surface area contributed by atoms with Crippen molar-refractivity contribution in [2.24, 2.45) is 11.7 Å². The molecule has 0 atom stereocenters. The van der Waals surface area contributed by atoms with Crippen LogP contribution in [0.25, 0.3) is 22.0 Å². The lowest BCUT2D eigenvalue weighted by Gasteiger charge is -2.33. The fourth-order valence-corrected chi connectivity index (χ4v) is 6.70. The molecule has 2 fully saturated rings. The first-order valence-corrected chi connectivity index (χ1v) is 15.1. The number of rotatable bonds is 8. The van der Waals surface area contributed by atoms with Crippen LogP contribution in [-0.4, -0.2) is 59.6 Å². The van der Waals surface area contributed by atoms with E-state index in [2.05, 4.69) is 45.7 Å². The maximum atomic E-state index is 12.7. The molecule has 8 nitrogen and oxygen atoms in total. The van der Waals surface area contributed by atoms with E-state index in [1.807, 2.05) is 18.2 Å². The quantitative estimate of drug-likeness (QED) is 0.370. The van der Waals surface area contributed by atoms with Gasteiger partial charge in [0.25, 0.3) is 0 Å². The van der Waals surface area contributed by atoms with Crippen LogP contribution < -0.4 is 16.4 Å². The minimum absolute atomic E-state index is 0.0439. The predicted molar refractivity (Wildman–Crippen MR) is 155 cm³/mol. The molecule has 38 heavy (non-hydrogen) atoms. The van der Waals surface area contributed by atoms with E-state index in [1.165, 1.54) is 0 Å². The molecule has 2 aromatic carbocycles. The second-order valence-corrected chi connectivity index (χ2v) is 13.5. The van der Waals surface area contributed by atoms with Gasteiger partial charge in [-0.1, -0.05) is 42.5 Å². The number of carbonyl (C=O) groups is 1. The summed E-state index contributed by atoms with van der Waals surface area (Å²) < 4.78 is 29.4. The summed E-state index contributed by atoms with van der Waals surface area (Å²) in [7, 11) is -3.27. The van der Waals surface area contributed by atoms with Crippen LogP contribution in [0.15, 0.2) is 48.7 Å². The Kier molecular flexibility index (Phi) is 7.59. The van der Waals surface area contributed by atoms with Crippen LogP contribution in [0.4, 0.5) is 0 Å². The van der Waals surface area contributed by atoms with Gasteiger partial charge in [-0.3, -0.25) is 4.79 Å². The number of nitrogens with two attached hydrogens (primary N) is 1. The van der Waals surface area contributed by atoms with Gasteiger partial charge in [0.2, 0.25) is 15.9 Å². The average Bonchev–Trinajstić information content (AvgIpc) is 3.25. The molecule has 3 heterocycles.